The van der Waals surface area contributed by atoms with Crippen LogP contribution in [0.25, 0.3) is 10.8 Å². The highest BCUT2D eigenvalue weighted by molar-refractivity contribution is 5.94. The van der Waals surface area contributed by atoms with Crippen LogP contribution < -0.4 is 0 Å². The molecule has 4 atom stereocenters. The average Bonchev–Trinajstić information content (AvgIpc) is 2.96. The Kier molecular flexibility index (Phi) is 2.66. The summed E-state index contributed by atoms with van der Waals surface area (Å²) in [5.74, 6) is 2.36. The fraction of sp³-hybridized carbons (Fsp3) is 0.333. The Labute approximate surface area is 127 Å². The molecule has 2 aromatic rings. The molecule has 0 nitrogen and oxygen atoms in total. The Balaban J connectivity index is 2.06. The Hall–Kier alpha value is -1.82. The van der Waals surface area contributed by atoms with Crippen LogP contribution in [0.5, 0.6) is 0 Å². The summed E-state index contributed by atoms with van der Waals surface area (Å²) in [5.41, 5.74) is 5.86. The summed E-state index contributed by atoms with van der Waals surface area (Å²) in [6, 6.07) is 9.49. The molecule has 0 radical (unpaired) electrons. The van der Waals surface area contributed by atoms with Gasteiger partial charge in [0.05, 0.1) is 0 Å². The van der Waals surface area contributed by atoms with Gasteiger partial charge in [-0.2, -0.15) is 0 Å². The smallest absolute Gasteiger partial charge is 0.00178 e. The molecule has 4 unspecified atom stereocenters. The van der Waals surface area contributed by atoms with Crippen molar-refractivity contribution in [3.8, 4) is 0 Å². The SMILES string of the molecule is C=CC1CC(C=C)C2c3cc(C)cc4cc(C)cc(c34)C12. The van der Waals surface area contributed by atoms with E-state index in [0.29, 0.717) is 23.7 Å². The molecule has 0 aromatic heterocycles. The summed E-state index contributed by atoms with van der Waals surface area (Å²) in [4.78, 5) is 0. The number of rotatable bonds is 2. The van der Waals surface area contributed by atoms with Gasteiger partial charge in [-0.1, -0.05) is 47.5 Å². The third-order valence-electron chi connectivity index (χ3n) is 5.58. The van der Waals surface area contributed by atoms with E-state index in [2.05, 4.69) is 63.4 Å². The molecule has 1 saturated carbocycles. The molecule has 0 saturated heterocycles. The Morgan fingerprint density at radius 1 is 0.857 bits per heavy atom. The van der Waals surface area contributed by atoms with Crippen molar-refractivity contribution in [2.75, 3.05) is 0 Å². The van der Waals surface area contributed by atoms with Crippen molar-refractivity contribution >= 4 is 10.8 Å². The van der Waals surface area contributed by atoms with Crippen LogP contribution in [-0.4, -0.2) is 0 Å². The van der Waals surface area contributed by atoms with Gasteiger partial charge in [0, 0.05) is 0 Å². The summed E-state index contributed by atoms with van der Waals surface area (Å²) in [6.45, 7) is 12.6. The van der Waals surface area contributed by atoms with Gasteiger partial charge in [0.2, 0.25) is 0 Å². The van der Waals surface area contributed by atoms with Crippen molar-refractivity contribution in [3.05, 3.63) is 71.8 Å². The first kappa shape index (κ1) is 12.9. The van der Waals surface area contributed by atoms with Crippen LogP contribution in [0.1, 0.15) is 40.5 Å². The third kappa shape index (κ3) is 1.62. The first-order valence-corrected chi connectivity index (χ1v) is 7.94. The molecule has 2 aromatic carbocycles. The van der Waals surface area contributed by atoms with Gasteiger partial charge in [0.15, 0.2) is 0 Å². The van der Waals surface area contributed by atoms with Crippen LogP contribution in [0.2, 0.25) is 0 Å². The van der Waals surface area contributed by atoms with Crippen LogP contribution in [-0.2, 0) is 0 Å². The Bertz CT molecular complexity index is 704. The molecule has 1 fully saturated rings. The molecular formula is C21H22. The maximum absolute atomic E-state index is 4.10. The summed E-state index contributed by atoms with van der Waals surface area (Å²) >= 11 is 0. The summed E-state index contributed by atoms with van der Waals surface area (Å²) in [6.07, 6.45) is 5.55. The quantitative estimate of drug-likeness (QED) is 0.621. The molecule has 0 heterocycles. The molecule has 0 amide bonds. The van der Waals surface area contributed by atoms with Gasteiger partial charge in [-0.3, -0.25) is 0 Å². The van der Waals surface area contributed by atoms with Crippen molar-refractivity contribution in [2.45, 2.75) is 32.1 Å². The predicted molar refractivity (Wildman–Crippen MR) is 90.9 cm³/mol. The lowest BCUT2D eigenvalue weighted by Crippen LogP contribution is -2.07. The first-order valence-electron chi connectivity index (χ1n) is 7.94. The van der Waals surface area contributed by atoms with Crippen molar-refractivity contribution in [1.29, 1.82) is 0 Å². The van der Waals surface area contributed by atoms with Gasteiger partial charge in [0.1, 0.15) is 0 Å². The predicted octanol–water partition coefficient (Wildman–Crippen LogP) is 5.65. The monoisotopic (exact) mass is 274 g/mol. The number of hydrogen-bond donors (Lipinski definition) is 0. The molecule has 2 aliphatic rings. The zero-order valence-corrected chi connectivity index (χ0v) is 12.9. The maximum atomic E-state index is 4.10. The fourth-order valence-electron chi connectivity index (χ4n) is 4.89. The molecule has 21 heavy (non-hydrogen) atoms. The maximum Gasteiger partial charge on any atom is -0.00178 e. The molecule has 106 valence electrons. The lowest BCUT2D eigenvalue weighted by Gasteiger charge is -2.19. The van der Waals surface area contributed by atoms with E-state index in [1.807, 2.05) is 0 Å². The fourth-order valence-corrected chi connectivity index (χ4v) is 4.89. The van der Waals surface area contributed by atoms with E-state index in [4.69, 9.17) is 0 Å². The van der Waals surface area contributed by atoms with Crippen molar-refractivity contribution in [3.63, 3.8) is 0 Å². The summed E-state index contributed by atoms with van der Waals surface area (Å²) < 4.78 is 0. The third-order valence-corrected chi connectivity index (χ3v) is 5.58. The van der Waals surface area contributed by atoms with E-state index in [9.17, 15) is 0 Å². The van der Waals surface area contributed by atoms with Crippen molar-refractivity contribution in [2.24, 2.45) is 11.8 Å². The normalized spacial score (nSPS) is 29.6. The lowest BCUT2D eigenvalue weighted by atomic mass is 9.84. The van der Waals surface area contributed by atoms with E-state index in [0.717, 1.165) is 0 Å². The minimum absolute atomic E-state index is 0.579. The molecule has 2 aliphatic carbocycles. The molecule has 4 rings (SSSR count). The molecule has 0 spiro atoms. The Morgan fingerprint density at radius 2 is 1.33 bits per heavy atom. The van der Waals surface area contributed by atoms with Gasteiger partial charge in [0.25, 0.3) is 0 Å². The standard InChI is InChI=1S/C21H22/c1-5-14-11-15(6-2)21-18-10-13(4)8-16-7-12(3)9-17(19(16)18)20(14)21/h5-10,14-15,20-21H,1-2,11H2,3-4H3. The van der Waals surface area contributed by atoms with Crippen molar-refractivity contribution in [1.82, 2.24) is 0 Å². The zero-order valence-electron chi connectivity index (χ0n) is 12.9. The minimum atomic E-state index is 0.579. The zero-order chi connectivity index (χ0) is 14.7. The number of hydrogen-bond acceptors (Lipinski definition) is 0. The molecule has 0 aliphatic heterocycles. The van der Waals surface area contributed by atoms with Gasteiger partial charge < -0.3 is 0 Å². The highest BCUT2D eigenvalue weighted by atomic mass is 14.5. The summed E-state index contributed by atoms with van der Waals surface area (Å²) in [7, 11) is 0. The minimum Gasteiger partial charge on any atom is -0.103 e. The second-order valence-corrected chi connectivity index (χ2v) is 6.89. The van der Waals surface area contributed by atoms with Gasteiger partial charge >= 0.3 is 0 Å². The number of benzene rings is 2. The second-order valence-electron chi connectivity index (χ2n) is 6.89. The highest BCUT2D eigenvalue weighted by Gasteiger charge is 2.47. The largest absolute Gasteiger partial charge is 0.103 e. The van der Waals surface area contributed by atoms with Gasteiger partial charge in [-0.05, 0) is 65.8 Å². The van der Waals surface area contributed by atoms with E-state index < -0.39 is 0 Å². The van der Waals surface area contributed by atoms with Crippen molar-refractivity contribution < 1.29 is 0 Å². The van der Waals surface area contributed by atoms with Crippen LogP contribution >= 0.6 is 0 Å². The van der Waals surface area contributed by atoms with Crippen LogP contribution in [0.15, 0.2) is 49.6 Å². The molecule has 0 N–H and O–H groups in total. The second kappa shape index (κ2) is 4.34. The van der Waals surface area contributed by atoms with Crippen LogP contribution in [0.3, 0.4) is 0 Å². The number of aryl methyl sites for hydroxylation is 2. The molecular weight excluding hydrogens is 252 g/mol. The molecule has 0 bridgehead atoms. The highest BCUT2D eigenvalue weighted by Crippen LogP contribution is 2.60. The Morgan fingerprint density at radius 3 is 1.76 bits per heavy atom. The number of allylic oxidation sites excluding steroid dienone is 2. The van der Waals surface area contributed by atoms with Crippen LogP contribution in [0.4, 0.5) is 0 Å². The van der Waals surface area contributed by atoms with E-state index in [-0.39, 0.29) is 0 Å². The van der Waals surface area contributed by atoms with E-state index in [1.54, 1.807) is 11.1 Å². The van der Waals surface area contributed by atoms with E-state index >= 15 is 0 Å². The van der Waals surface area contributed by atoms with E-state index in [1.165, 1.54) is 28.3 Å². The first-order chi connectivity index (χ1) is 10.1. The van der Waals surface area contributed by atoms with Gasteiger partial charge in [-0.25, -0.2) is 0 Å². The molecule has 0 heteroatoms. The van der Waals surface area contributed by atoms with Gasteiger partial charge in [-0.15, -0.1) is 13.2 Å². The lowest BCUT2D eigenvalue weighted by molar-refractivity contribution is 0.554. The number of fused-ring (bicyclic) bond motifs is 3. The van der Waals surface area contributed by atoms with Crippen LogP contribution in [0, 0.1) is 25.7 Å². The summed E-state index contributed by atoms with van der Waals surface area (Å²) in [5, 5.41) is 2.93. The average molecular weight is 274 g/mol. The topological polar surface area (TPSA) is 0 Å².